The Bertz CT molecular complexity index is 563. The van der Waals surface area contributed by atoms with Crippen molar-refractivity contribution in [3.05, 3.63) is 51.4 Å². The molecule has 0 radical (unpaired) electrons. The van der Waals surface area contributed by atoms with Crippen molar-refractivity contribution >= 4 is 15.9 Å². The molecule has 0 saturated carbocycles. The van der Waals surface area contributed by atoms with Crippen molar-refractivity contribution in [3.8, 4) is 5.75 Å². The van der Waals surface area contributed by atoms with Crippen molar-refractivity contribution < 1.29 is 9.15 Å². The second-order valence-corrected chi connectivity index (χ2v) is 5.44. The number of benzene rings is 1. The highest BCUT2D eigenvalue weighted by molar-refractivity contribution is 9.10. The summed E-state index contributed by atoms with van der Waals surface area (Å²) < 4.78 is 12.6. The zero-order valence-electron chi connectivity index (χ0n) is 11.4. The molecule has 0 aliphatic rings. The van der Waals surface area contributed by atoms with Gasteiger partial charge < -0.3 is 14.5 Å². The van der Waals surface area contributed by atoms with Crippen molar-refractivity contribution in [3.63, 3.8) is 0 Å². The largest absolute Gasteiger partial charge is 0.489 e. The van der Waals surface area contributed by atoms with Gasteiger partial charge in [0.15, 0.2) is 0 Å². The minimum Gasteiger partial charge on any atom is -0.489 e. The average molecular weight is 324 g/mol. The van der Waals surface area contributed by atoms with Crippen molar-refractivity contribution in [1.82, 2.24) is 5.32 Å². The Morgan fingerprint density at radius 2 is 2.05 bits per heavy atom. The number of furan rings is 1. The standard InChI is InChI=1S/C15H18BrNO2/c1-10-6-13(16)4-5-15(10)18-9-12-7-14(8-17-3)19-11(12)2/h4-7,17H,8-9H2,1-3H3. The zero-order chi connectivity index (χ0) is 13.8. The van der Waals surface area contributed by atoms with Gasteiger partial charge in [-0.2, -0.15) is 0 Å². The Morgan fingerprint density at radius 1 is 1.26 bits per heavy atom. The lowest BCUT2D eigenvalue weighted by Gasteiger charge is -2.08. The maximum Gasteiger partial charge on any atom is 0.122 e. The lowest BCUT2D eigenvalue weighted by molar-refractivity contribution is 0.301. The third-order valence-corrected chi connectivity index (χ3v) is 3.44. The van der Waals surface area contributed by atoms with Crippen LogP contribution in [0.25, 0.3) is 0 Å². The first-order valence-electron chi connectivity index (χ1n) is 6.22. The van der Waals surface area contributed by atoms with Crippen LogP contribution in [0.3, 0.4) is 0 Å². The molecular formula is C15H18BrNO2. The van der Waals surface area contributed by atoms with E-state index in [2.05, 4.69) is 21.2 Å². The van der Waals surface area contributed by atoms with E-state index in [1.807, 2.05) is 45.2 Å². The Labute approximate surface area is 122 Å². The fourth-order valence-corrected chi connectivity index (χ4v) is 2.40. The second-order valence-electron chi connectivity index (χ2n) is 4.52. The van der Waals surface area contributed by atoms with Gasteiger partial charge in [-0.1, -0.05) is 15.9 Å². The first-order chi connectivity index (χ1) is 9.10. The van der Waals surface area contributed by atoms with E-state index in [4.69, 9.17) is 9.15 Å². The number of hydrogen-bond acceptors (Lipinski definition) is 3. The minimum atomic E-state index is 0.529. The summed E-state index contributed by atoms with van der Waals surface area (Å²) in [5.41, 5.74) is 2.21. The van der Waals surface area contributed by atoms with E-state index in [0.717, 1.165) is 39.4 Å². The highest BCUT2D eigenvalue weighted by Gasteiger charge is 2.08. The molecule has 0 atom stereocenters. The molecule has 0 fully saturated rings. The summed E-state index contributed by atoms with van der Waals surface area (Å²) in [5.74, 6) is 2.75. The van der Waals surface area contributed by atoms with Gasteiger partial charge in [-0.05, 0) is 50.7 Å². The summed E-state index contributed by atoms with van der Waals surface area (Å²) >= 11 is 3.45. The van der Waals surface area contributed by atoms with Gasteiger partial charge in [-0.3, -0.25) is 0 Å². The topological polar surface area (TPSA) is 34.4 Å². The summed E-state index contributed by atoms with van der Waals surface area (Å²) in [5, 5.41) is 3.07. The quantitative estimate of drug-likeness (QED) is 0.904. The van der Waals surface area contributed by atoms with Crippen LogP contribution in [0.15, 0.2) is 33.2 Å². The van der Waals surface area contributed by atoms with Gasteiger partial charge in [-0.15, -0.1) is 0 Å². The number of hydrogen-bond donors (Lipinski definition) is 1. The van der Waals surface area contributed by atoms with Gasteiger partial charge in [0.25, 0.3) is 0 Å². The zero-order valence-corrected chi connectivity index (χ0v) is 13.0. The predicted molar refractivity (Wildman–Crippen MR) is 79.4 cm³/mol. The van der Waals surface area contributed by atoms with Crippen molar-refractivity contribution in [2.75, 3.05) is 7.05 Å². The van der Waals surface area contributed by atoms with Crippen LogP contribution >= 0.6 is 15.9 Å². The van der Waals surface area contributed by atoms with Gasteiger partial charge in [-0.25, -0.2) is 0 Å². The van der Waals surface area contributed by atoms with Gasteiger partial charge in [0, 0.05) is 10.0 Å². The van der Waals surface area contributed by atoms with Crippen LogP contribution in [0.1, 0.15) is 22.6 Å². The lowest BCUT2D eigenvalue weighted by atomic mass is 10.2. The summed E-state index contributed by atoms with van der Waals surface area (Å²) in [7, 11) is 1.90. The van der Waals surface area contributed by atoms with Crippen LogP contribution < -0.4 is 10.1 Å². The molecule has 0 amide bonds. The van der Waals surface area contributed by atoms with Crippen LogP contribution in [0.4, 0.5) is 0 Å². The van der Waals surface area contributed by atoms with E-state index in [-0.39, 0.29) is 0 Å². The molecule has 1 N–H and O–H groups in total. The number of nitrogens with one attached hydrogen (secondary N) is 1. The molecule has 2 aromatic rings. The Hall–Kier alpha value is -1.26. The molecule has 1 heterocycles. The fraction of sp³-hybridized carbons (Fsp3) is 0.333. The summed E-state index contributed by atoms with van der Waals surface area (Å²) in [4.78, 5) is 0. The molecule has 4 heteroatoms. The van der Waals surface area contributed by atoms with Crippen LogP contribution in [0.2, 0.25) is 0 Å². The van der Waals surface area contributed by atoms with E-state index in [0.29, 0.717) is 6.61 Å². The van der Waals surface area contributed by atoms with Gasteiger partial charge in [0.1, 0.15) is 23.9 Å². The molecule has 2 rings (SSSR count). The molecule has 0 saturated heterocycles. The van der Waals surface area contributed by atoms with Crippen molar-refractivity contribution in [1.29, 1.82) is 0 Å². The molecule has 0 spiro atoms. The van der Waals surface area contributed by atoms with E-state index in [9.17, 15) is 0 Å². The molecule has 19 heavy (non-hydrogen) atoms. The Kier molecular flexibility index (Phi) is 4.66. The Balaban J connectivity index is 2.05. The van der Waals surface area contributed by atoms with Crippen LogP contribution in [-0.4, -0.2) is 7.05 Å². The molecule has 0 aliphatic carbocycles. The maximum atomic E-state index is 5.85. The first-order valence-corrected chi connectivity index (χ1v) is 7.01. The lowest BCUT2D eigenvalue weighted by Crippen LogP contribution is -2.03. The van der Waals surface area contributed by atoms with Crippen LogP contribution in [0, 0.1) is 13.8 Å². The molecular weight excluding hydrogens is 306 g/mol. The normalized spacial score (nSPS) is 10.7. The third kappa shape index (κ3) is 3.61. The molecule has 3 nitrogen and oxygen atoms in total. The van der Waals surface area contributed by atoms with Crippen LogP contribution in [-0.2, 0) is 13.2 Å². The van der Waals surface area contributed by atoms with Crippen LogP contribution in [0.5, 0.6) is 5.75 Å². The van der Waals surface area contributed by atoms with E-state index in [1.54, 1.807) is 0 Å². The summed E-state index contributed by atoms with van der Waals surface area (Å²) in [6.07, 6.45) is 0. The second kappa shape index (κ2) is 6.26. The Morgan fingerprint density at radius 3 is 2.74 bits per heavy atom. The van der Waals surface area contributed by atoms with Crippen molar-refractivity contribution in [2.24, 2.45) is 0 Å². The predicted octanol–water partition coefficient (Wildman–Crippen LogP) is 3.96. The molecule has 0 unspecified atom stereocenters. The number of rotatable bonds is 5. The fourth-order valence-electron chi connectivity index (χ4n) is 1.92. The molecule has 102 valence electrons. The average Bonchev–Trinajstić information content (AvgIpc) is 2.69. The summed E-state index contributed by atoms with van der Waals surface area (Å²) in [6.45, 7) is 5.26. The third-order valence-electron chi connectivity index (χ3n) is 2.94. The number of ether oxygens (including phenoxy) is 1. The van der Waals surface area contributed by atoms with Gasteiger partial charge >= 0.3 is 0 Å². The maximum absolute atomic E-state index is 5.85. The molecule has 1 aromatic heterocycles. The molecule has 1 aromatic carbocycles. The van der Waals surface area contributed by atoms with Crippen molar-refractivity contribution in [2.45, 2.75) is 27.0 Å². The minimum absolute atomic E-state index is 0.529. The van der Waals surface area contributed by atoms with E-state index in [1.165, 1.54) is 0 Å². The highest BCUT2D eigenvalue weighted by atomic mass is 79.9. The first kappa shape index (κ1) is 14.2. The smallest absolute Gasteiger partial charge is 0.122 e. The van der Waals surface area contributed by atoms with E-state index < -0.39 is 0 Å². The highest BCUT2D eigenvalue weighted by Crippen LogP contribution is 2.24. The van der Waals surface area contributed by atoms with Gasteiger partial charge in [0.05, 0.1) is 6.54 Å². The number of halogens is 1. The monoisotopic (exact) mass is 323 g/mol. The molecule has 0 aliphatic heterocycles. The summed E-state index contributed by atoms with van der Waals surface area (Å²) in [6, 6.07) is 8.05. The molecule has 0 bridgehead atoms. The number of aryl methyl sites for hydroxylation is 2. The van der Waals surface area contributed by atoms with E-state index >= 15 is 0 Å². The SMILES string of the molecule is CNCc1cc(COc2ccc(Br)cc2C)c(C)o1. The van der Waals surface area contributed by atoms with Gasteiger partial charge in [0.2, 0.25) is 0 Å².